The Morgan fingerprint density at radius 1 is 1.25 bits per heavy atom. The maximum Gasteiger partial charge on any atom is 0.0874 e. The van der Waals surface area contributed by atoms with Crippen molar-refractivity contribution in [2.75, 3.05) is 13.2 Å². The highest BCUT2D eigenvalue weighted by Gasteiger charge is 2.10. The van der Waals surface area contributed by atoms with Crippen molar-refractivity contribution in [2.24, 2.45) is 0 Å². The third-order valence-corrected chi connectivity index (χ3v) is 2.88. The summed E-state index contributed by atoms with van der Waals surface area (Å²) in [6, 6.07) is 0. The molecule has 1 saturated heterocycles. The smallest absolute Gasteiger partial charge is 0.0874 e. The van der Waals surface area contributed by atoms with Crippen molar-refractivity contribution in [3.05, 3.63) is 11.8 Å². The van der Waals surface area contributed by atoms with Crippen LogP contribution in [0.5, 0.6) is 0 Å². The van der Waals surface area contributed by atoms with Gasteiger partial charge >= 0.3 is 0 Å². The van der Waals surface area contributed by atoms with Gasteiger partial charge in [-0.05, 0) is 45.1 Å². The molecule has 0 amide bonds. The van der Waals surface area contributed by atoms with Crippen molar-refractivity contribution in [2.45, 2.75) is 64.9 Å². The molecular weight excluding hydrogens is 200 g/mol. The SMILES string of the molecule is CC(C)=COCCCC1CCCCCCO1. The zero-order valence-corrected chi connectivity index (χ0v) is 10.8. The molecule has 2 nitrogen and oxygen atoms in total. The molecule has 0 bridgehead atoms. The first kappa shape index (κ1) is 13.6. The number of allylic oxidation sites excluding steroid dienone is 1. The molecule has 1 aliphatic rings. The van der Waals surface area contributed by atoms with E-state index in [2.05, 4.69) is 13.8 Å². The molecule has 1 heterocycles. The van der Waals surface area contributed by atoms with E-state index in [1.165, 1.54) is 37.7 Å². The van der Waals surface area contributed by atoms with Gasteiger partial charge in [0.1, 0.15) is 0 Å². The van der Waals surface area contributed by atoms with Gasteiger partial charge in [-0.15, -0.1) is 0 Å². The van der Waals surface area contributed by atoms with Crippen molar-refractivity contribution in [1.82, 2.24) is 0 Å². The Labute approximate surface area is 100 Å². The molecule has 0 aromatic carbocycles. The highest BCUT2D eigenvalue weighted by Crippen LogP contribution is 2.16. The van der Waals surface area contributed by atoms with E-state index in [9.17, 15) is 0 Å². The van der Waals surface area contributed by atoms with E-state index >= 15 is 0 Å². The second-order valence-electron chi connectivity index (χ2n) is 4.90. The summed E-state index contributed by atoms with van der Waals surface area (Å²) in [5.41, 5.74) is 1.22. The summed E-state index contributed by atoms with van der Waals surface area (Å²) in [6.07, 6.45) is 11.1. The van der Waals surface area contributed by atoms with Crippen molar-refractivity contribution in [1.29, 1.82) is 0 Å². The lowest BCUT2D eigenvalue weighted by atomic mass is 10.0. The lowest BCUT2D eigenvalue weighted by molar-refractivity contribution is 0.0256. The van der Waals surface area contributed by atoms with Crippen molar-refractivity contribution < 1.29 is 9.47 Å². The average molecular weight is 226 g/mol. The molecule has 0 saturated carbocycles. The second-order valence-corrected chi connectivity index (χ2v) is 4.90. The van der Waals surface area contributed by atoms with Crippen LogP contribution in [0.15, 0.2) is 11.8 Å². The van der Waals surface area contributed by atoms with E-state index in [0.717, 1.165) is 26.1 Å². The zero-order valence-electron chi connectivity index (χ0n) is 10.8. The number of rotatable bonds is 5. The van der Waals surface area contributed by atoms with Gasteiger partial charge in [-0.2, -0.15) is 0 Å². The van der Waals surface area contributed by atoms with E-state index in [4.69, 9.17) is 9.47 Å². The Morgan fingerprint density at radius 3 is 2.88 bits per heavy atom. The number of hydrogen-bond acceptors (Lipinski definition) is 2. The first-order valence-electron chi connectivity index (χ1n) is 6.65. The molecular formula is C14H26O2. The molecule has 1 rings (SSSR count). The van der Waals surface area contributed by atoms with Crippen LogP contribution in [0.25, 0.3) is 0 Å². The third-order valence-electron chi connectivity index (χ3n) is 2.88. The van der Waals surface area contributed by atoms with Crippen LogP contribution in [-0.4, -0.2) is 19.3 Å². The molecule has 2 heteroatoms. The van der Waals surface area contributed by atoms with Crippen molar-refractivity contribution in [3.8, 4) is 0 Å². The van der Waals surface area contributed by atoms with E-state index < -0.39 is 0 Å². The molecule has 1 fully saturated rings. The first-order valence-corrected chi connectivity index (χ1v) is 6.65. The van der Waals surface area contributed by atoms with E-state index in [1.54, 1.807) is 0 Å². The first-order chi connectivity index (χ1) is 7.79. The van der Waals surface area contributed by atoms with Crippen LogP contribution in [-0.2, 0) is 9.47 Å². The maximum atomic E-state index is 5.84. The average Bonchev–Trinajstić information content (AvgIpc) is 2.19. The van der Waals surface area contributed by atoms with E-state index in [1.807, 2.05) is 6.26 Å². The topological polar surface area (TPSA) is 18.5 Å². The fourth-order valence-corrected chi connectivity index (χ4v) is 2.01. The number of hydrogen-bond donors (Lipinski definition) is 0. The van der Waals surface area contributed by atoms with Crippen molar-refractivity contribution >= 4 is 0 Å². The summed E-state index contributed by atoms with van der Waals surface area (Å²) in [5.74, 6) is 0. The summed E-state index contributed by atoms with van der Waals surface area (Å²) < 4.78 is 11.3. The van der Waals surface area contributed by atoms with Crippen LogP contribution in [0.4, 0.5) is 0 Å². The van der Waals surface area contributed by atoms with Gasteiger partial charge < -0.3 is 9.47 Å². The Kier molecular flexibility index (Phi) is 7.32. The van der Waals surface area contributed by atoms with Crippen LogP contribution in [0.3, 0.4) is 0 Å². The third kappa shape index (κ3) is 6.89. The summed E-state index contributed by atoms with van der Waals surface area (Å²) in [5, 5.41) is 0. The summed E-state index contributed by atoms with van der Waals surface area (Å²) in [6.45, 7) is 5.89. The predicted molar refractivity (Wildman–Crippen MR) is 67.4 cm³/mol. The molecule has 0 N–H and O–H groups in total. The summed E-state index contributed by atoms with van der Waals surface area (Å²) >= 11 is 0. The fourth-order valence-electron chi connectivity index (χ4n) is 2.01. The van der Waals surface area contributed by atoms with Gasteiger partial charge in [-0.1, -0.05) is 19.3 Å². The molecule has 94 valence electrons. The van der Waals surface area contributed by atoms with Gasteiger partial charge in [0.2, 0.25) is 0 Å². The standard InChI is InChI=1S/C14H26O2/c1-13(2)12-15-10-7-9-14-8-5-3-4-6-11-16-14/h12,14H,3-11H2,1-2H3. The quantitative estimate of drug-likeness (QED) is 0.520. The van der Waals surface area contributed by atoms with E-state index in [-0.39, 0.29) is 0 Å². The fraction of sp³-hybridized carbons (Fsp3) is 0.857. The monoisotopic (exact) mass is 226 g/mol. The van der Waals surface area contributed by atoms with Gasteiger partial charge in [-0.3, -0.25) is 0 Å². The molecule has 0 radical (unpaired) electrons. The van der Waals surface area contributed by atoms with Crippen LogP contribution in [0, 0.1) is 0 Å². The number of ether oxygens (including phenoxy) is 2. The predicted octanol–water partition coefficient (Wildman–Crippen LogP) is 4.06. The molecule has 0 aliphatic carbocycles. The van der Waals surface area contributed by atoms with E-state index in [0.29, 0.717) is 6.10 Å². The molecule has 1 unspecified atom stereocenters. The lowest BCUT2D eigenvalue weighted by Crippen LogP contribution is -2.16. The highest BCUT2D eigenvalue weighted by molar-refractivity contribution is 4.86. The van der Waals surface area contributed by atoms with Crippen LogP contribution >= 0.6 is 0 Å². The minimum Gasteiger partial charge on any atom is -0.501 e. The Balaban J connectivity index is 2.04. The molecule has 1 aliphatic heterocycles. The van der Waals surface area contributed by atoms with Crippen LogP contribution in [0.1, 0.15) is 58.8 Å². The normalized spacial score (nSPS) is 22.0. The van der Waals surface area contributed by atoms with Gasteiger partial charge in [0, 0.05) is 6.61 Å². The highest BCUT2D eigenvalue weighted by atomic mass is 16.5. The van der Waals surface area contributed by atoms with Gasteiger partial charge in [0.15, 0.2) is 0 Å². The molecule has 0 spiro atoms. The Hall–Kier alpha value is -0.500. The summed E-state index contributed by atoms with van der Waals surface area (Å²) in [7, 11) is 0. The molecule has 0 aromatic rings. The zero-order chi connectivity index (χ0) is 11.6. The minimum absolute atomic E-state index is 0.482. The van der Waals surface area contributed by atoms with Gasteiger partial charge in [0.25, 0.3) is 0 Å². The lowest BCUT2D eigenvalue weighted by Gasteiger charge is -2.20. The molecule has 1 atom stereocenters. The van der Waals surface area contributed by atoms with Crippen LogP contribution in [0.2, 0.25) is 0 Å². The largest absolute Gasteiger partial charge is 0.501 e. The Bertz CT molecular complexity index is 187. The minimum atomic E-state index is 0.482. The van der Waals surface area contributed by atoms with Crippen LogP contribution < -0.4 is 0 Å². The molecule has 0 aromatic heterocycles. The van der Waals surface area contributed by atoms with Crippen molar-refractivity contribution in [3.63, 3.8) is 0 Å². The summed E-state index contributed by atoms with van der Waals surface area (Å²) in [4.78, 5) is 0. The second kappa shape index (κ2) is 8.63. The Morgan fingerprint density at radius 2 is 2.06 bits per heavy atom. The maximum absolute atomic E-state index is 5.84. The van der Waals surface area contributed by atoms with Gasteiger partial charge in [0.05, 0.1) is 19.0 Å². The molecule has 16 heavy (non-hydrogen) atoms. The van der Waals surface area contributed by atoms with Gasteiger partial charge in [-0.25, -0.2) is 0 Å².